The molecule has 4 unspecified atom stereocenters. The number of hydrogen-bond donors (Lipinski definition) is 5. The van der Waals surface area contributed by atoms with Crippen molar-refractivity contribution in [2.75, 3.05) is 7.11 Å². The maximum absolute atomic E-state index is 13.3. The Bertz CT molecular complexity index is 1310. The van der Waals surface area contributed by atoms with Crippen LogP contribution in [-0.4, -0.2) is 72.3 Å². The van der Waals surface area contributed by atoms with Crippen molar-refractivity contribution >= 4 is 29.8 Å². The molecule has 12 heteroatoms. The molecule has 0 aliphatic rings. The van der Waals surface area contributed by atoms with Crippen molar-refractivity contribution in [2.24, 2.45) is 17.8 Å². The number of rotatable bonds is 17. The Balaban J connectivity index is 2.07. The van der Waals surface area contributed by atoms with Gasteiger partial charge in [0.05, 0.1) is 19.3 Å². The topological polar surface area (TPSA) is 172 Å². The van der Waals surface area contributed by atoms with Gasteiger partial charge in [-0.05, 0) is 42.7 Å². The van der Waals surface area contributed by atoms with Gasteiger partial charge in [-0.25, -0.2) is 9.59 Å². The molecule has 0 radical (unpaired) electrons. The van der Waals surface area contributed by atoms with E-state index in [4.69, 9.17) is 9.47 Å². The summed E-state index contributed by atoms with van der Waals surface area (Å²) in [5.74, 6) is -3.42. The summed E-state index contributed by atoms with van der Waals surface area (Å²) in [4.78, 5) is 64.0. The number of carbonyl (C=O) groups excluding carboxylic acids is 5. The van der Waals surface area contributed by atoms with Crippen LogP contribution in [0.4, 0.5) is 4.79 Å². The molecule has 12 nitrogen and oxygen atoms in total. The van der Waals surface area contributed by atoms with E-state index in [1.54, 1.807) is 34.6 Å². The van der Waals surface area contributed by atoms with E-state index < -0.39 is 66.0 Å². The van der Waals surface area contributed by atoms with Gasteiger partial charge in [0.1, 0.15) is 24.7 Å². The maximum atomic E-state index is 13.3. The zero-order chi connectivity index (χ0) is 35.1. The number of esters is 1. The van der Waals surface area contributed by atoms with Crippen molar-refractivity contribution < 1.29 is 38.6 Å². The van der Waals surface area contributed by atoms with Gasteiger partial charge >= 0.3 is 12.1 Å². The normalized spacial score (nSPS) is 14.9. The Morgan fingerprint density at radius 3 is 1.74 bits per heavy atom. The van der Waals surface area contributed by atoms with Crippen molar-refractivity contribution in [3.63, 3.8) is 0 Å². The van der Waals surface area contributed by atoms with Crippen molar-refractivity contribution in [3.8, 4) is 0 Å². The molecule has 5 N–H and O–H groups in total. The monoisotopic (exact) mass is 654 g/mol. The van der Waals surface area contributed by atoms with E-state index >= 15 is 0 Å². The highest BCUT2D eigenvalue weighted by molar-refractivity contribution is 5.91. The van der Waals surface area contributed by atoms with Crippen LogP contribution in [0.5, 0.6) is 0 Å². The van der Waals surface area contributed by atoms with E-state index in [1.807, 2.05) is 60.7 Å². The molecule has 258 valence electrons. The quantitative estimate of drug-likeness (QED) is 0.162. The molecule has 4 amide bonds. The first-order chi connectivity index (χ1) is 22.2. The molecule has 0 aliphatic carbocycles. The summed E-state index contributed by atoms with van der Waals surface area (Å²) in [5.41, 5.74) is 1.64. The van der Waals surface area contributed by atoms with E-state index in [0.717, 1.165) is 11.1 Å². The van der Waals surface area contributed by atoms with Crippen LogP contribution >= 0.6 is 0 Å². The second-order valence-electron chi connectivity index (χ2n) is 12.4. The summed E-state index contributed by atoms with van der Waals surface area (Å²) in [5, 5.41) is 22.0. The molecular weight excluding hydrogens is 604 g/mol. The van der Waals surface area contributed by atoms with E-state index in [0.29, 0.717) is 0 Å². The van der Waals surface area contributed by atoms with E-state index in [2.05, 4.69) is 21.3 Å². The summed E-state index contributed by atoms with van der Waals surface area (Å²) < 4.78 is 10.0. The maximum Gasteiger partial charge on any atom is 0.408 e. The van der Waals surface area contributed by atoms with Gasteiger partial charge in [0.15, 0.2) is 0 Å². The Kier molecular flexibility index (Phi) is 15.9. The summed E-state index contributed by atoms with van der Waals surface area (Å²) in [6.07, 6.45) is -1.70. The van der Waals surface area contributed by atoms with Gasteiger partial charge in [0, 0.05) is 5.92 Å². The van der Waals surface area contributed by atoms with Crippen molar-refractivity contribution in [3.05, 3.63) is 71.8 Å². The molecule has 2 aromatic rings. The third-order valence-corrected chi connectivity index (χ3v) is 7.74. The second-order valence-corrected chi connectivity index (χ2v) is 12.4. The third kappa shape index (κ3) is 13.1. The number of benzene rings is 2. The molecule has 0 aliphatic heterocycles. The average Bonchev–Trinajstić information content (AvgIpc) is 3.04. The molecule has 2 rings (SSSR count). The highest BCUT2D eigenvalue weighted by Crippen LogP contribution is 2.16. The van der Waals surface area contributed by atoms with Gasteiger partial charge in [-0.15, -0.1) is 0 Å². The second kappa shape index (κ2) is 19.3. The molecule has 0 saturated heterocycles. The molecule has 6 atom stereocenters. The van der Waals surface area contributed by atoms with Crippen molar-refractivity contribution in [1.29, 1.82) is 0 Å². The van der Waals surface area contributed by atoms with E-state index in [9.17, 15) is 29.1 Å². The fourth-order valence-corrected chi connectivity index (χ4v) is 4.80. The third-order valence-electron chi connectivity index (χ3n) is 7.74. The summed E-state index contributed by atoms with van der Waals surface area (Å²) in [6, 6.07) is 14.8. The molecule has 0 aromatic heterocycles. The number of alkyl carbamates (subject to hydrolysis) is 1. The van der Waals surface area contributed by atoms with Crippen molar-refractivity contribution in [2.45, 2.75) is 91.3 Å². The zero-order valence-electron chi connectivity index (χ0n) is 28.3. The molecule has 0 bridgehead atoms. The Hall–Kier alpha value is -4.45. The van der Waals surface area contributed by atoms with Gasteiger partial charge in [0.2, 0.25) is 17.7 Å². The number of methoxy groups -OCH3 is 1. The SMILES string of the molecule is COC(=O)[C@@H](NC(=O)C(NC(=O)C(C)CC(O)C(Cc1ccccc1)NC(=O)[C@H](C)NC(=O)OCc1ccccc1)C(C)C)C(C)C. The predicted molar refractivity (Wildman–Crippen MR) is 177 cm³/mol. The fourth-order valence-electron chi connectivity index (χ4n) is 4.80. The minimum absolute atomic E-state index is 0.0340. The molecule has 2 aromatic carbocycles. The van der Waals surface area contributed by atoms with Crippen molar-refractivity contribution in [1.82, 2.24) is 21.3 Å². The summed E-state index contributed by atoms with van der Waals surface area (Å²) >= 11 is 0. The van der Waals surface area contributed by atoms with E-state index in [-0.39, 0.29) is 31.3 Å². The number of hydrogen-bond acceptors (Lipinski definition) is 8. The van der Waals surface area contributed by atoms with Gasteiger partial charge in [0.25, 0.3) is 0 Å². The highest BCUT2D eigenvalue weighted by atomic mass is 16.5. The predicted octanol–water partition coefficient (Wildman–Crippen LogP) is 2.87. The first-order valence-corrected chi connectivity index (χ1v) is 15.9. The van der Waals surface area contributed by atoms with Gasteiger partial charge in [-0.1, -0.05) is 95.3 Å². The number of aliphatic hydroxyl groups excluding tert-OH is 1. The summed E-state index contributed by atoms with van der Waals surface area (Å²) in [6.45, 7) is 10.2. The van der Waals surface area contributed by atoms with Crippen LogP contribution in [0, 0.1) is 17.8 Å². The number of ether oxygens (including phenoxy) is 2. The standard InChI is InChI=1S/C35H50N4O8/c1-21(2)29(33(43)39-30(22(3)4)34(44)46-7)38-31(41)23(5)18-28(40)27(19-25-14-10-8-11-15-25)37-32(42)24(6)36-35(45)47-20-26-16-12-9-13-17-26/h8-17,21-24,27-30,40H,18-20H2,1-7H3,(H,36,45)(H,37,42)(H,38,41)(H,39,43)/t23?,24-,27?,28?,29?,30-/m0/s1. The zero-order valence-corrected chi connectivity index (χ0v) is 28.3. The first-order valence-electron chi connectivity index (χ1n) is 15.9. The van der Waals surface area contributed by atoms with E-state index in [1.165, 1.54) is 14.0 Å². The highest BCUT2D eigenvalue weighted by Gasteiger charge is 2.33. The number of amides is 4. The first kappa shape index (κ1) is 38.7. The molecule has 0 fully saturated rings. The Morgan fingerprint density at radius 2 is 1.21 bits per heavy atom. The minimum Gasteiger partial charge on any atom is -0.467 e. The minimum atomic E-state index is -1.16. The largest absolute Gasteiger partial charge is 0.467 e. The molecular formula is C35H50N4O8. The lowest BCUT2D eigenvalue weighted by atomic mass is 9.92. The van der Waals surface area contributed by atoms with Crippen LogP contribution < -0.4 is 21.3 Å². The van der Waals surface area contributed by atoms with Crippen LogP contribution in [0.15, 0.2) is 60.7 Å². The lowest BCUT2D eigenvalue weighted by molar-refractivity contribution is -0.147. The van der Waals surface area contributed by atoms with Crippen LogP contribution in [0.25, 0.3) is 0 Å². The Labute approximate surface area is 277 Å². The lowest BCUT2D eigenvalue weighted by Gasteiger charge is -2.29. The lowest BCUT2D eigenvalue weighted by Crippen LogP contribution is -2.56. The number of nitrogens with one attached hydrogen (secondary N) is 4. The number of aliphatic hydroxyl groups is 1. The fraction of sp³-hybridized carbons (Fsp3) is 0.514. The van der Waals surface area contributed by atoms with Gasteiger partial charge in [-0.2, -0.15) is 0 Å². The van der Waals surface area contributed by atoms with Crippen LogP contribution in [0.2, 0.25) is 0 Å². The van der Waals surface area contributed by atoms with Crippen LogP contribution in [0.3, 0.4) is 0 Å². The average molecular weight is 655 g/mol. The summed E-state index contributed by atoms with van der Waals surface area (Å²) in [7, 11) is 1.24. The van der Waals surface area contributed by atoms with Gasteiger partial charge < -0.3 is 35.8 Å². The van der Waals surface area contributed by atoms with Gasteiger partial charge in [-0.3, -0.25) is 14.4 Å². The molecule has 0 spiro atoms. The Morgan fingerprint density at radius 1 is 0.681 bits per heavy atom. The molecule has 0 heterocycles. The molecule has 0 saturated carbocycles. The van der Waals surface area contributed by atoms with Crippen LogP contribution in [-0.2, 0) is 41.7 Å². The smallest absolute Gasteiger partial charge is 0.408 e. The van der Waals surface area contributed by atoms with Crippen LogP contribution in [0.1, 0.15) is 59.1 Å². The molecule has 47 heavy (non-hydrogen) atoms. The number of carbonyl (C=O) groups is 5.